The maximum Gasteiger partial charge on any atom is 0.133 e. The lowest BCUT2D eigenvalue weighted by molar-refractivity contribution is 0.369. The Balaban J connectivity index is 2.01. The third-order valence-corrected chi connectivity index (χ3v) is 3.96. The summed E-state index contributed by atoms with van der Waals surface area (Å²) in [7, 11) is 3.74. The Morgan fingerprint density at radius 3 is 2.64 bits per heavy atom. The molecule has 4 nitrogen and oxygen atoms in total. The topological polar surface area (TPSA) is 30.3 Å². The molecule has 0 spiro atoms. The quantitative estimate of drug-likeness (QED) is 0.869. The van der Waals surface area contributed by atoms with E-state index in [0.29, 0.717) is 5.69 Å². The van der Waals surface area contributed by atoms with Crippen LogP contribution in [-0.4, -0.2) is 41.9 Å². The van der Waals surface area contributed by atoms with Gasteiger partial charge in [0.15, 0.2) is 0 Å². The smallest absolute Gasteiger partial charge is 0.133 e. The van der Waals surface area contributed by atoms with Crippen molar-refractivity contribution in [1.29, 1.82) is 0 Å². The van der Waals surface area contributed by atoms with Gasteiger partial charge in [-0.2, -0.15) is 5.10 Å². The zero-order valence-electron chi connectivity index (χ0n) is 12.9. The van der Waals surface area contributed by atoms with Gasteiger partial charge in [-0.05, 0) is 49.4 Å². The second-order valence-electron chi connectivity index (χ2n) is 5.51. The van der Waals surface area contributed by atoms with Gasteiger partial charge in [0.25, 0.3) is 0 Å². The van der Waals surface area contributed by atoms with E-state index in [-0.39, 0.29) is 0 Å². The van der Waals surface area contributed by atoms with Crippen LogP contribution in [0.5, 0.6) is 5.75 Å². The maximum absolute atomic E-state index is 13.1. The second kappa shape index (κ2) is 6.32. The van der Waals surface area contributed by atoms with E-state index in [4.69, 9.17) is 4.74 Å². The third-order valence-electron chi connectivity index (χ3n) is 3.96. The number of methoxy groups -OCH3 is 1. The SMILES string of the molecule is COc1ccc(-n2nc(CF)cc2C2=CCN(C)CC2)cc1. The number of hydrogen-bond acceptors (Lipinski definition) is 3. The number of benzene rings is 1. The van der Waals surface area contributed by atoms with E-state index in [9.17, 15) is 4.39 Å². The van der Waals surface area contributed by atoms with Crippen molar-refractivity contribution in [3.63, 3.8) is 0 Å². The average Bonchev–Trinajstić information content (AvgIpc) is 3.00. The Bertz CT molecular complexity index is 676. The second-order valence-corrected chi connectivity index (χ2v) is 5.51. The minimum absolute atomic E-state index is 0.464. The Morgan fingerprint density at radius 2 is 2.05 bits per heavy atom. The van der Waals surface area contributed by atoms with Crippen LogP contribution in [0.2, 0.25) is 0 Å². The molecule has 0 unspecified atom stereocenters. The van der Waals surface area contributed by atoms with Crippen molar-refractivity contribution in [2.24, 2.45) is 0 Å². The lowest BCUT2D eigenvalue weighted by atomic mass is 10.0. The summed E-state index contributed by atoms with van der Waals surface area (Å²) < 4.78 is 20.1. The van der Waals surface area contributed by atoms with Gasteiger partial charge in [-0.1, -0.05) is 6.08 Å². The molecule has 5 heteroatoms. The summed E-state index contributed by atoms with van der Waals surface area (Å²) in [5.41, 5.74) is 3.58. The molecule has 0 fully saturated rings. The van der Waals surface area contributed by atoms with Crippen molar-refractivity contribution < 1.29 is 9.13 Å². The Hall–Kier alpha value is -2.14. The molecule has 0 atom stereocenters. The number of likely N-dealkylation sites (N-methyl/N-ethyl adjacent to an activating group) is 1. The summed E-state index contributed by atoms with van der Waals surface area (Å²) in [4.78, 5) is 2.26. The van der Waals surface area contributed by atoms with Crippen LogP contribution in [0.3, 0.4) is 0 Å². The van der Waals surface area contributed by atoms with Gasteiger partial charge in [0.1, 0.15) is 12.4 Å². The molecule has 3 rings (SSSR count). The Morgan fingerprint density at radius 1 is 1.27 bits per heavy atom. The van der Waals surface area contributed by atoms with Crippen LogP contribution >= 0.6 is 0 Å². The van der Waals surface area contributed by atoms with Crippen molar-refractivity contribution in [2.45, 2.75) is 13.1 Å². The standard InChI is InChI=1S/C17H20FN3O/c1-20-9-7-13(8-10-20)17-11-14(12-18)19-21(17)15-3-5-16(22-2)6-4-15/h3-7,11H,8-10,12H2,1-2H3. The number of ether oxygens (including phenoxy) is 1. The average molecular weight is 301 g/mol. The van der Waals surface area contributed by atoms with Crippen LogP contribution in [0, 0.1) is 0 Å². The summed E-state index contributed by atoms with van der Waals surface area (Å²) in [6.45, 7) is 1.36. The molecule has 0 N–H and O–H groups in total. The molecule has 0 saturated carbocycles. The van der Waals surface area contributed by atoms with E-state index in [1.54, 1.807) is 7.11 Å². The summed E-state index contributed by atoms with van der Waals surface area (Å²) in [6.07, 6.45) is 3.15. The molecule has 0 saturated heterocycles. The van der Waals surface area contributed by atoms with Crippen molar-refractivity contribution in [1.82, 2.24) is 14.7 Å². The number of rotatable bonds is 4. The first-order valence-corrected chi connectivity index (χ1v) is 7.38. The predicted octanol–water partition coefficient (Wildman–Crippen LogP) is 3.07. The van der Waals surface area contributed by atoms with Gasteiger partial charge < -0.3 is 9.64 Å². The van der Waals surface area contributed by atoms with Crippen LogP contribution in [0.4, 0.5) is 4.39 Å². The summed E-state index contributed by atoms with van der Waals surface area (Å²) in [5, 5.41) is 4.40. The normalized spacial score (nSPS) is 15.7. The summed E-state index contributed by atoms with van der Waals surface area (Å²) >= 11 is 0. The lowest BCUT2D eigenvalue weighted by Gasteiger charge is -2.22. The zero-order valence-corrected chi connectivity index (χ0v) is 12.9. The monoisotopic (exact) mass is 301 g/mol. The maximum atomic E-state index is 13.1. The van der Waals surface area contributed by atoms with Crippen LogP contribution in [0.25, 0.3) is 11.3 Å². The molecule has 2 heterocycles. The largest absolute Gasteiger partial charge is 0.497 e. The first kappa shape index (κ1) is 14.8. The molecule has 0 amide bonds. The number of nitrogens with zero attached hydrogens (tertiary/aromatic N) is 3. The van der Waals surface area contributed by atoms with Crippen LogP contribution < -0.4 is 4.74 Å². The fraction of sp³-hybridized carbons (Fsp3) is 0.353. The van der Waals surface area contributed by atoms with Crippen LogP contribution in [-0.2, 0) is 6.67 Å². The highest BCUT2D eigenvalue weighted by Crippen LogP contribution is 2.26. The van der Waals surface area contributed by atoms with E-state index >= 15 is 0 Å². The highest BCUT2D eigenvalue weighted by Gasteiger charge is 2.17. The molecule has 1 aliphatic heterocycles. The molecule has 116 valence electrons. The molecule has 22 heavy (non-hydrogen) atoms. The molecule has 2 aromatic rings. The van der Waals surface area contributed by atoms with Gasteiger partial charge >= 0.3 is 0 Å². The van der Waals surface area contributed by atoms with Crippen LogP contribution in [0.15, 0.2) is 36.4 Å². The molecular weight excluding hydrogens is 281 g/mol. The number of aromatic nitrogens is 2. The minimum Gasteiger partial charge on any atom is -0.497 e. The Kier molecular flexibility index (Phi) is 4.24. The third kappa shape index (κ3) is 2.90. The molecular formula is C17H20FN3O. The minimum atomic E-state index is -0.552. The summed E-state index contributed by atoms with van der Waals surface area (Å²) in [5.74, 6) is 0.793. The fourth-order valence-electron chi connectivity index (χ4n) is 2.65. The van der Waals surface area contributed by atoms with E-state index < -0.39 is 6.67 Å². The molecule has 0 aliphatic carbocycles. The highest BCUT2D eigenvalue weighted by atomic mass is 19.1. The van der Waals surface area contributed by atoms with Gasteiger partial charge in [0.2, 0.25) is 0 Å². The van der Waals surface area contributed by atoms with Gasteiger partial charge in [0, 0.05) is 13.1 Å². The van der Waals surface area contributed by atoms with Gasteiger partial charge in [0.05, 0.1) is 24.2 Å². The fourth-order valence-corrected chi connectivity index (χ4v) is 2.65. The summed E-state index contributed by atoms with van der Waals surface area (Å²) in [6, 6.07) is 9.50. The molecule has 0 radical (unpaired) electrons. The Labute approximate surface area is 129 Å². The van der Waals surface area contributed by atoms with E-state index in [2.05, 4.69) is 23.1 Å². The van der Waals surface area contributed by atoms with Crippen molar-refractivity contribution in [2.75, 3.05) is 27.2 Å². The van der Waals surface area contributed by atoms with E-state index in [1.165, 1.54) is 5.57 Å². The first-order valence-electron chi connectivity index (χ1n) is 7.38. The molecule has 0 bridgehead atoms. The van der Waals surface area contributed by atoms with Crippen LogP contribution in [0.1, 0.15) is 17.8 Å². The lowest BCUT2D eigenvalue weighted by Crippen LogP contribution is -2.24. The molecule has 1 aromatic heterocycles. The zero-order chi connectivity index (χ0) is 15.5. The van der Waals surface area contributed by atoms with Crippen molar-refractivity contribution >= 4 is 5.57 Å². The van der Waals surface area contributed by atoms with Crippen molar-refractivity contribution in [3.05, 3.63) is 47.8 Å². The van der Waals surface area contributed by atoms with E-state index in [0.717, 1.165) is 36.6 Å². The molecule has 1 aromatic carbocycles. The molecule has 1 aliphatic rings. The highest BCUT2D eigenvalue weighted by molar-refractivity contribution is 5.66. The van der Waals surface area contributed by atoms with E-state index in [1.807, 2.05) is 35.0 Å². The number of alkyl halides is 1. The number of hydrogen-bond donors (Lipinski definition) is 0. The van der Waals surface area contributed by atoms with Gasteiger partial charge in [-0.25, -0.2) is 9.07 Å². The van der Waals surface area contributed by atoms with Crippen molar-refractivity contribution in [3.8, 4) is 11.4 Å². The van der Waals surface area contributed by atoms with Gasteiger partial charge in [-0.15, -0.1) is 0 Å². The first-order chi connectivity index (χ1) is 10.7. The predicted molar refractivity (Wildman–Crippen MR) is 85.0 cm³/mol. The number of halogens is 1. The van der Waals surface area contributed by atoms with Gasteiger partial charge in [-0.3, -0.25) is 0 Å².